The molecule has 0 radical (unpaired) electrons. The maximum absolute atomic E-state index is 14.0. The summed E-state index contributed by atoms with van der Waals surface area (Å²) in [6.45, 7) is 8.61. The largest absolute Gasteiger partial charge is 0.467 e. The molecule has 1 fully saturated rings. The van der Waals surface area contributed by atoms with Gasteiger partial charge in [0.25, 0.3) is 0 Å². The number of urea groups is 1. The maximum Gasteiger partial charge on any atom is 0.328 e. The topological polar surface area (TPSA) is 206 Å². The number of esters is 1. The smallest absolute Gasteiger partial charge is 0.328 e. The molecule has 1 saturated heterocycles. The number of ether oxygens (including phenoxy) is 4. The number of nitrogens with one attached hydrogen (secondary N) is 5. The Morgan fingerprint density at radius 3 is 2.17 bits per heavy atom. The summed E-state index contributed by atoms with van der Waals surface area (Å²) in [5, 5.41) is 14.4. The number of carbonyl (C=O) groups excluding carboxylic acids is 6. The minimum absolute atomic E-state index is 0.0137. The van der Waals surface area contributed by atoms with Crippen molar-refractivity contribution in [2.75, 3.05) is 78.0 Å². The number of hydrogen-bond acceptors (Lipinski definition) is 11. The summed E-state index contributed by atoms with van der Waals surface area (Å²) in [4.78, 5) is 83.1. The van der Waals surface area contributed by atoms with Gasteiger partial charge in [0.05, 0.1) is 52.6 Å². The van der Waals surface area contributed by atoms with Gasteiger partial charge in [-0.15, -0.1) is 0 Å². The Kier molecular flexibility index (Phi) is 21.9. The molecule has 1 aliphatic heterocycles. The summed E-state index contributed by atoms with van der Waals surface area (Å²) in [7, 11) is 4.42. The normalized spacial score (nSPS) is 15.7. The minimum atomic E-state index is -1.08. The predicted molar refractivity (Wildman–Crippen MR) is 247 cm³/mol. The first-order valence-corrected chi connectivity index (χ1v) is 22.1. The zero-order chi connectivity index (χ0) is 47.1. The molecule has 5 N–H and O–H groups in total. The third-order valence-corrected chi connectivity index (χ3v) is 10.9. The molecule has 1 heterocycles. The molecular weight excluding hydrogens is 835 g/mol. The zero-order valence-corrected chi connectivity index (χ0v) is 38.6. The van der Waals surface area contributed by atoms with E-state index in [0.29, 0.717) is 69.3 Å². The highest BCUT2D eigenvalue weighted by Crippen LogP contribution is 2.22. The van der Waals surface area contributed by atoms with Gasteiger partial charge in [0.2, 0.25) is 23.6 Å². The van der Waals surface area contributed by atoms with Crippen LogP contribution in [0.1, 0.15) is 56.2 Å². The van der Waals surface area contributed by atoms with Crippen LogP contribution in [-0.2, 0) is 55.9 Å². The molecule has 0 spiro atoms. The van der Waals surface area contributed by atoms with Crippen LogP contribution in [-0.4, -0.2) is 137 Å². The van der Waals surface area contributed by atoms with E-state index < -0.39 is 41.9 Å². The molecule has 65 heavy (non-hydrogen) atoms. The van der Waals surface area contributed by atoms with Crippen molar-refractivity contribution >= 4 is 47.0 Å². The van der Waals surface area contributed by atoms with Gasteiger partial charge < -0.3 is 50.4 Å². The fourth-order valence-corrected chi connectivity index (χ4v) is 7.38. The van der Waals surface area contributed by atoms with Gasteiger partial charge in [-0.3, -0.25) is 24.1 Å². The number of nitrogens with zero attached hydrogens (tertiary/aromatic N) is 2. The molecule has 17 nitrogen and oxygen atoms in total. The average molecular weight is 902 g/mol. The highest BCUT2D eigenvalue weighted by molar-refractivity contribution is 6.00. The molecule has 17 heteroatoms. The van der Waals surface area contributed by atoms with E-state index in [1.165, 1.54) is 12.0 Å². The first-order chi connectivity index (χ1) is 31.3. The molecule has 0 aromatic heterocycles. The lowest BCUT2D eigenvalue weighted by Gasteiger charge is -2.29. The molecule has 1 aliphatic rings. The van der Waals surface area contributed by atoms with Crippen molar-refractivity contribution in [2.45, 2.75) is 83.6 Å². The Labute approximate surface area is 382 Å². The van der Waals surface area contributed by atoms with Crippen LogP contribution in [0.25, 0.3) is 0 Å². The van der Waals surface area contributed by atoms with Crippen molar-refractivity contribution in [1.29, 1.82) is 0 Å². The van der Waals surface area contributed by atoms with Gasteiger partial charge >= 0.3 is 12.0 Å². The van der Waals surface area contributed by atoms with E-state index in [4.69, 9.17) is 18.9 Å². The number of likely N-dealkylation sites (tertiary alicyclic amines) is 1. The second-order valence-electron chi connectivity index (χ2n) is 16.5. The van der Waals surface area contributed by atoms with Crippen molar-refractivity contribution in [2.24, 2.45) is 5.92 Å². The number of carbonyl (C=O) groups is 6. The van der Waals surface area contributed by atoms with Crippen molar-refractivity contribution in [3.63, 3.8) is 0 Å². The first kappa shape index (κ1) is 51.8. The van der Waals surface area contributed by atoms with Gasteiger partial charge in [0.15, 0.2) is 0 Å². The summed E-state index contributed by atoms with van der Waals surface area (Å²) in [5.41, 5.74) is 3.86. The third kappa shape index (κ3) is 17.9. The summed E-state index contributed by atoms with van der Waals surface area (Å²) in [5.74, 6) is -1.88. The summed E-state index contributed by atoms with van der Waals surface area (Å²) in [6, 6.07) is 20.8. The number of methoxy groups -OCH3 is 2. The quantitative estimate of drug-likeness (QED) is 0.0574. The number of rotatable bonds is 26. The molecular formula is C48H67N7O10. The fourth-order valence-electron chi connectivity index (χ4n) is 7.38. The van der Waals surface area contributed by atoms with Crippen molar-refractivity contribution < 1.29 is 47.7 Å². The van der Waals surface area contributed by atoms with E-state index in [9.17, 15) is 28.8 Å². The highest BCUT2D eigenvalue weighted by Gasteiger charge is 2.39. The number of aryl methyl sites for hydroxylation is 1. The van der Waals surface area contributed by atoms with Gasteiger partial charge in [0, 0.05) is 57.6 Å². The molecule has 0 aliphatic carbocycles. The molecule has 3 aromatic carbocycles. The van der Waals surface area contributed by atoms with E-state index in [1.807, 2.05) is 80.3 Å². The second-order valence-corrected chi connectivity index (χ2v) is 16.5. The first-order valence-electron chi connectivity index (χ1n) is 22.1. The standard InChI is InChI=1S/C48H67N7O10/c1-33(2)28-41(54(4)44(57)29-35-16-18-37(19-17-35)51-48(61)53-39-15-11-10-12-34(39)3)45(58)49-22-20-40(47(60)63-6)52-46(59)42-30-38(32-55(42)31-36-13-8-7-9-14-36)50-43(56)21-23-64-26-27-65-25-24-62-5/h7-19,33,38,40-42H,20-32H2,1-6H3,(H,49,58)(H,50,56)(H,52,59)(H2,51,53,61)/t38-,40?,41?,42?/m1/s1. The van der Waals surface area contributed by atoms with E-state index in [-0.39, 0.29) is 56.2 Å². The lowest BCUT2D eigenvalue weighted by molar-refractivity contribution is -0.146. The van der Waals surface area contributed by atoms with Crippen LogP contribution in [0.15, 0.2) is 78.9 Å². The predicted octanol–water partition coefficient (Wildman–Crippen LogP) is 4.05. The molecule has 4 atom stereocenters. The summed E-state index contributed by atoms with van der Waals surface area (Å²) in [6.07, 6.45) is 0.901. The number of para-hydroxylation sites is 1. The van der Waals surface area contributed by atoms with Gasteiger partial charge in [-0.1, -0.05) is 74.5 Å². The van der Waals surface area contributed by atoms with Crippen LogP contribution in [0, 0.1) is 12.8 Å². The number of anilines is 2. The van der Waals surface area contributed by atoms with E-state index in [1.54, 1.807) is 38.4 Å². The minimum Gasteiger partial charge on any atom is -0.467 e. The Balaban J connectivity index is 1.31. The molecule has 0 saturated carbocycles. The van der Waals surface area contributed by atoms with Crippen LogP contribution in [0.3, 0.4) is 0 Å². The number of likely N-dealkylation sites (N-methyl/N-ethyl adjacent to an activating group) is 1. The zero-order valence-electron chi connectivity index (χ0n) is 38.6. The molecule has 4 rings (SSSR count). The Morgan fingerprint density at radius 2 is 1.49 bits per heavy atom. The fraction of sp³-hybridized carbons (Fsp3) is 0.500. The third-order valence-electron chi connectivity index (χ3n) is 10.9. The Hall–Kier alpha value is -5.88. The average Bonchev–Trinajstić information content (AvgIpc) is 3.68. The van der Waals surface area contributed by atoms with Crippen LogP contribution < -0.4 is 26.6 Å². The maximum atomic E-state index is 14.0. The number of amides is 6. The molecule has 3 unspecified atom stereocenters. The second kappa shape index (κ2) is 27.4. The van der Waals surface area contributed by atoms with E-state index in [2.05, 4.69) is 26.6 Å². The van der Waals surface area contributed by atoms with Crippen LogP contribution in [0.2, 0.25) is 0 Å². The lowest BCUT2D eigenvalue weighted by atomic mass is 10.0. The molecule has 6 amide bonds. The van der Waals surface area contributed by atoms with Crippen LogP contribution in [0.5, 0.6) is 0 Å². The summed E-state index contributed by atoms with van der Waals surface area (Å²) >= 11 is 0. The number of hydrogen-bond donors (Lipinski definition) is 5. The van der Waals surface area contributed by atoms with Crippen molar-refractivity contribution in [3.05, 3.63) is 95.6 Å². The molecule has 354 valence electrons. The Morgan fingerprint density at radius 1 is 0.815 bits per heavy atom. The van der Waals surface area contributed by atoms with Crippen molar-refractivity contribution in [3.8, 4) is 0 Å². The lowest BCUT2D eigenvalue weighted by Crippen LogP contribution is -2.52. The highest BCUT2D eigenvalue weighted by atomic mass is 16.5. The van der Waals surface area contributed by atoms with E-state index in [0.717, 1.165) is 11.1 Å². The molecule has 0 bridgehead atoms. The molecule has 3 aromatic rings. The Bertz CT molecular complexity index is 1980. The van der Waals surface area contributed by atoms with Crippen LogP contribution >= 0.6 is 0 Å². The van der Waals surface area contributed by atoms with E-state index >= 15 is 0 Å². The SMILES string of the molecule is COCCOCCOCCC(=O)N[C@@H]1CC(C(=O)NC(CCNC(=O)C(CC(C)C)N(C)C(=O)Cc2ccc(NC(=O)Nc3ccccc3C)cc2)C(=O)OC)N(Cc2ccccc2)C1. The van der Waals surface area contributed by atoms with Crippen LogP contribution in [0.4, 0.5) is 16.2 Å². The summed E-state index contributed by atoms with van der Waals surface area (Å²) < 4.78 is 20.9. The monoisotopic (exact) mass is 901 g/mol. The number of benzene rings is 3. The van der Waals surface area contributed by atoms with Gasteiger partial charge in [0.1, 0.15) is 12.1 Å². The van der Waals surface area contributed by atoms with Crippen molar-refractivity contribution in [1.82, 2.24) is 25.8 Å². The van der Waals surface area contributed by atoms with Gasteiger partial charge in [-0.05, 0) is 67.0 Å². The van der Waals surface area contributed by atoms with Gasteiger partial charge in [-0.25, -0.2) is 9.59 Å². The van der Waals surface area contributed by atoms with Gasteiger partial charge in [-0.2, -0.15) is 0 Å².